The van der Waals surface area contributed by atoms with Gasteiger partial charge in [0.05, 0.1) is 11.0 Å². The molecular weight excluding hydrogens is 540 g/mol. The van der Waals surface area contributed by atoms with E-state index >= 15 is 0 Å². The van der Waals surface area contributed by atoms with Gasteiger partial charge in [0.15, 0.2) is 0 Å². The Morgan fingerprint density at radius 3 is 1.50 bits per heavy atom. The van der Waals surface area contributed by atoms with Crippen LogP contribution in [0.25, 0.3) is 22.1 Å². The van der Waals surface area contributed by atoms with Gasteiger partial charge in [-0.2, -0.15) is 0 Å². The number of para-hydroxylation sites is 2. The van der Waals surface area contributed by atoms with Gasteiger partial charge < -0.3 is 0 Å². The second-order valence-corrected chi connectivity index (χ2v) is 10.9. The zero-order valence-corrected chi connectivity index (χ0v) is 23.8. The number of hydrogen-bond acceptors (Lipinski definition) is 4. The average Bonchev–Trinajstić information content (AvgIpc) is 3.73. The van der Waals surface area contributed by atoms with Crippen LogP contribution in [0.5, 0.6) is 0 Å². The van der Waals surface area contributed by atoms with E-state index in [1.807, 2.05) is 47.1 Å². The fourth-order valence-corrected chi connectivity index (χ4v) is 6.44. The summed E-state index contributed by atoms with van der Waals surface area (Å²) in [6.45, 7) is 0. The molecule has 44 heavy (non-hydrogen) atoms. The molecule has 0 saturated carbocycles. The molecule has 0 amide bonds. The van der Waals surface area contributed by atoms with Crippen LogP contribution in [0.4, 0.5) is 0 Å². The molecule has 2 aromatic heterocycles. The van der Waals surface area contributed by atoms with Crippen molar-refractivity contribution in [3.63, 3.8) is 0 Å². The minimum Gasteiger partial charge on any atom is -0.233 e. The monoisotopic (exact) mass is 568 g/mol. The molecule has 210 valence electrons. The van der Waals surface area contributed by atoms with Crippen molar-refractivity contribution >= 4 is 22.1 Å². The number of rotatable bonds is 7. The zero-order valence-electron chi connectivity index (χ0n) is 23.8. The molecule has 1 atom stereocenters. The molecular formula is C38H28N6. The summed E-state index contributed by atoms with van der Waals surface area (Å²) in [5.41, 5.74) is 8.39. The SMILES string of the molecule is c1ccc(C(c2ccc(C(c3ccccc3)(c3ccccc3)n3nnc4ccccc43)cc2)n2nnc3ccccc32)cc1. The van der Waals surface area contributed by atoms with Gasteiger partial charge in [0.1, 0.15) is 22.6 Å². The Morgan fingerprint density at radius 2 is 0.864 bits per heavy atom. The molecule has 8 rings (SSSR count). The highest BCUT2D eigenvalue weighted by Crippen LogP contribution is 2.42. The van der Waals surface area contributed by atoms with E-state index in [1.165, 1.54) is 0 Å². The Balaban J connectivity index is 1.37. The van der Waals surface area contributed by atoms with Crippen molar-refractivity contribution in [1.82, 2.24) is 30.0 Å². The third-order valence-corrected chi connectivity index (χ3v) is 8.43. The van der Waals surface area contributed by atoms with Crippen molar-refractivity contribution in [1.29, 1.82) is 0 Å². The Bertz CT molecular complexity index is 2130. The molecule has 0 spiro atoms. The third-order valence-electron chi connectivity index (χ3n) is 8.43. The van der Waals surface area contributed by atoms with Gasteiger partial charge in [-0.1, -0.05) is 150 Å². The van der Waals surface area contributed by atoms with E-state index in [-0.39, 0.29) is 6.04 Å². The predicted octanol–water partition coefficient (Wildman–Crippen LogP) is 7.65. The van der Waals surface area contributed by atoms with E-state index in [9.17, 15) is 0 Å². The fraction of sp³-hybridized carbons (Fsp3) is 0.0526. The maximum absolute atomic E-state index is 4.82. The van der Waals surface area contributed by atoms with E-state index in [0.29, 0.717) is 0 Å². The molecule has 6 nitrogen and oxygen atoms in total. The maximum atomic E-state index is 4.82. The first kappa shape index (κ1) is 25.8. The molecule has 6 heteroatoms. The van der Waals surface area contributed by atoms with Gasteiger partial charge in [-0.15, -0.1) is 10.2 Å². The Labute approximate surface area is 254 Å². The summed E-state index contributed by atoms with van der Waals surface area (Å²) >= 11 is 0. The van der Waals surface area contributed by atoms with E-state index in [2.05, 4.69) is 141 Å². The lowest BCUT2D eigenvalue weighted by Gasteiger charge is -2.36. The van der Waals surface area contributed by atoms with Gasteiger partial charge in [0.2, 0.25) is 0 Å². The third kappa shape index (κ3) is 4.11. The smallest absolute Gasteiger partial charge is 0.140 e. The van der Waals surface area contributed by atoms with E-state index < -0.39 is 5.54 Å². The summed E-state index contributed by atoms with van der Waals surface area (Å²) in [5.74, 6) is 0. The minimum absolute atomic E-state index is 0.160. The van der Waals surface area contributed by atoms with Crippen LogP contribution in [0.2, 0.25) is 0 Å². The molecule has 0 fully saturated rings. The van der Waals surface area contributed by atoms with Crippen LogP contribution >= 0.6 is 0 Å². The van der Waals surface area contributed by atoms with Crippen LogP contribution in [-0.4, -0.2) is 30.0 Å². The lowest BCUT2D eigenvalue weighted by atomic mass is 9.76. The quantitative estimate of drug-likeness (QED) is 0.185. The van der Waals surface area contributed by atoms with Crippen LogP contribution in [0.15, 0.2) is 164 Å². The second kappa shape index (κ2) is 10.7. The highest BCUT2D eigenvalue weighted by molar-refractivity contribution is 5.76. The van der Waals surface area contributed by atoms with Crippen LogP contribution in [0.1, 0.15) is 33.9 Å². The fourth-order valence-electron chi connectivity index (χ4n) is 6.44. The van der Waals surface area contributed by atoms with Gasteiger partial charge in [-0.25, -0.2) is 9.36 Å². The van der Waals surface area contributed by atoms with Crippen LogP contribution in [0, 0.1) is 0 Å². The summed E-state index contributed by atoms with van der Waals surface area (Å²) in [6.07, 6.45) is 0. The van der Waals surface area contributed by atoms with Crippen molar-refractivity contribution in [2.45, 2.75) is 11.6 Å². The summed E-state index contributed by atoms with van der Waals surface area (Å²) in [7, 11) is 0. The Hall–Kier alpha value is -5.88. The van der Waals surface area contributed by atoms with Crippen molar-refractivity contribution in [3.8, 4) is 0 Å². The maximum Gasteiger partial charge on any atom is 0.140 e. The van der Waals surface area contributed by atoms with Gasteiger partial charge in [-0.3, -0.25) is 0 Å². The molecule has 8 aromatic rings. The summed E-state index contributed by atoms with van der Waals surface area (Å²) < 4.78 is 4.09. The van der Waals surface area contributed by atoms with Crippen LogP contribution < -0.4 is 0 Å². The van der Waals surface area contributed by atoms with Crippen molar-refractivity contribution in [2.24, 2.45) is 0 Å². The normalized spacial score (nSPS) is 12.5. The molecule has 0 aliphatic carbocycles. The second-order valence-electron chi connectivity index (χ2n) is 10.9. The summed E-state index contributed by atoms with van der Waals surface area (Å²) in [6, 6.07) is 56.6. The van der Waals surface area contributed by atoms with Gasteiger partial charge in [0, 0.05) is 0 Å². The molecule has 0 bridgehead atoms. The minimum atomic E-state index is -0.778. The van der Waals surface area contributed by atoms with E-state index in [4.69, 9.17) is 5.21 Å². The first-order chi connectivity index (χ1) is 21.8. The molecule has 1 unspecified atom stereocenters. The van der Waals surface area contributed by atoms with Gasteiger partial charge in [-0.05, 0) is 52.1 Å². The lowest BCUT2D eigenvalue weighted by Crippen LogP contribution is -2.38. The van der Waals surface area contributed by atoms with Crippen molar-refractivity contribution < 1.29 is 0 Å². The van der Waals surface area contributed by atoms with E-state index in [1.54, 1.807) is 0 Å². The number of hydrogen-bond donors (Lipinski definition) is 0. The Kier molecular flexibility index (Phi) is 6.30. The molecule has 0 N–H and O–H groups in total. The first-order valence-electron chi connectivity index (χ1n) is 14.7. The molecule has 2 heterocycles. The number of aromatic nitrogens is 6. The largest absolute Gasteiger partial charge is 0.233 e. The standard InChI is InChI=1S/C38H28N6/c1-4-14-28(15-5-1)37(43-35-22-12-10-20-33(35)39-41-43)29-24-26-32(27-25-29)38(30-16-6-2-7-17-30,31-18-8-3-9-19-31)44-36-23-13-11-21-34(36)40-42-44/h1-27,37H. The zero-order chi connectivity index (χ0) is 29.3. The summed E-state index contributed by atoms with van der Waals surface area (Å²) in [5, 5.41) is 18.5. The summed E-state index contributed by atoms with van der Waals surface area (Å²) in [4.78, 5) is 0. The topological polar surface area (TPSA) is 61.4 Å². The van der Waals surface area contributed by atoms with Crippen molar-refractivity contribution in [3.05, 3.63) is 192 Å². The molecule has 0 radical (unpaired) electrons. The molecule has 0 aliphatic heterocycles. The van der Waals surface area contributed by atoms with Gasteiger partial charge in [0.25, 0.3) is 0 Å². The van der Waals surface area contributed by atoms with Gasteiger partial charge >= 0.3 is 0 Å². The first-order valence-corrected chi connectivity index (χ1v) is 14.7. The predicted molar refractivity (Wildman–Crippen MR) is 173 cm³/mol. The lowest BCUT2D eigenvalue weighted by molar-refractivity contribution is 0.460. The van der Waals surface area contributed by atoms with E-state index in [0.717, 1.165) is 49.9 Å². The number of benzene rings is 6. The average molecular weight is 569 g/mol. The highest BCUT2D eigenvalue weighted by atomic mass is 15.5. The number of nitrogens with zero attached hydrogens (tertiary/aromatic N) is 6. The number of fused-ring (bicyclic) bond motifs is 2. The highest BCUT2D eigenvalue weighted by Gasteiger charge is 2.41. The molecule has 0 saturated heterocycles. The van der Waals surface area contributed by atoms with Crippen LogP contribution in [-0.2, 0) is 5.54 Å². The van der Waals surface area contributed by atoms with Crippen LogP contribution in [0.3, 0.4) is 0 Å². The molecule has 6 aromatic carbocycles. The molecule has 0 aliphatic rings. The van der Waals surface area contributed by atoms with Crippen molar-refractivity contribution in [2.75, 3.05) is 0 Å². The Morgan fingerprint density at radius 1 is 0.409 bits per heavy atom.